The predicted octanol–water partition coefficient (Wildman–Crippen LogP) is 2.65. The Morgan fingerprint density at radius 3 is 2.72 bits per heavy atom. The third-order valence-corrected chi connectivity index (χ3v) is 4.07. The summed E-state index contributed by atoms with van der Waals surface area (Å²) in [6.07, 6.45) is 5.38. The molecule has 0 aromatic carbocycles. The van der Waals surface area contributed by atoms with Crippen LogP contribution >= 0.6 is 0 Å². The monoisotopic (exact) mass is 256 g/mol. The first-order chi connectivity index (χ1) is 8.72. The highest BCUT2D eigenvalue weighted by Crippen LogP contribution is 2.18. The van der Waals surface area contributed by atoms with Crippen molar-refractivity contribution in [2.75, 3.05) is 26.2 Å². The van der Waals surface area contributed by atoms with Crippen molar-refractivity contribution in [3.8, 4) is 0 Å². The maximum atomic E-state index is 5.80. The summed E-state index contributed by atoms with van der Waals surface area (Å²) in [5, 5.41) is 3.68. The molecule has 0 radical (unpaired) electrons. The lowest BCUT2D eigenvalue weighted by molar-refractivity contribution is -0.0101. The summed E-state index contributed by atoms with van der Waals surface area (Å²) in [5.41, 5.74) is 0. The molecule has 1 fully saturated rings. The van der Waals surface area contributed by atoms with Crippen LogP contribution in [0.4, 0.5) is 0 Å². The number of hydrogen-bond acceptors (Lipinski definition) is 3. The zero-order valence-corrected chi connectivity index (χ0v) is 12.7. The zero-order chi connectivity index (χ0) is 13.4. The third-order valence-electron chi connectivity index (χ3n) is 4.07. The molecule has 1 aliphatic heterocycles. The van der Waals surface area contributed by atoms with Gasteiger partial charge < -0.3 is 10.1 Å². The van der Waals surface area contributed by atoms with Gasteiger partial charge >= 0.3 is 0 Å². The molecule has 18 heavy (non-hydrogen) atoms. The van der Waals surface area contributed by atoms with E-state index in [1.165, 1.54) is 32.2 Å². The van der Waals surface area contributed by atoms with Crippen molar-refractivity contribution >= 4 is 0 Å². The van der Waals surface area contributed by atoms with Crippen molar-refractivity contribution in [1.29, 1.82) is 0 Å². The SMILES string of the molecule is CCCNC(CC)C(C)N1CCCC(OCC)C1. The van der Waals surface area contributed by atoms with Crippen molar-refractivity contribution in [1.82, 2.24) is 10.2 Å². The summed E-state index contributed by atoms with van der Waals surface area (Å²) in [7, 11) is 0. The maximum Gasteiger partial charge on any atom is 0.0702 e. The van der Waals surface area contributed by atoms with Crippen LogP contribution in [0, 0.1) is 0 Å². The van der Waals surface area contributed by atoms with Crippen molar-refractivity contribution in [2.24, 2.45) is 0 Å². The minimum atomic E-state index is 0.454. The number of likely N-dealkylation sites (tertiary alicyclic amines) is 1. The zero-order valence-electron chi connectivity index (χ0n) is 12.7. The molecule has 0 bridgehead atoms. The smallest absolute Gasteiger partial charge is 0.0702 e. The quantitative estimate of drug-likeness (QED) is 0.722. The minimum absolute atomic E-state index is 0.454. The molecular weight excluding hydrogens is 224 g/mol. The lowest BCUT2D eigenvalue weighted by atomic mass is 10.0. The van der Waals surface area contributed by atoms with Crippen molar-refractivity contribution in [3.63, 3.8) is 0 Å². The van der Waals surface area contributed by atoms with E-state index in [1.54, 1.807) is 0 Å². The Bertz CT molecular complexity index is 209. The molecule has 0 spiro atoms. The second-order valence-corrected chi connectivity index (χ2v) is 5.42. The molecule has 0 aromatic rings. The van der Waals surface area contributed by atoms with Crippen LogP contribution in [0.5, 0.6) is 0 Å². The van der Waals surface area contributed by atoms with Crippen LogP contribution in [-0.2, 0) is 4.74 Å². The molecule has 1 aliphatic rings. The van der Waals surface area contributed by atoms with Gasteiger partial charge in [-0.15, -0.1) is 0 Å². The highest BCUT2D eigenvalue weighted by Gasteiger charge is 2.27. The highest BCUT2D eigenvalue weighted by atomic mass is 16.5. The molecule has 3 atom stereocenters. The van der Waals surface area contributed by atoms with Gasteiger partial charge in [0.25, 0.3) is 0 Å². The number of rotatable bonds is 8. The summed E-state index contributed by atoms with van der Waals surface area (Å²) < 4.78 is 5.80. The number of nitrogens with one attached hydrogen (secondary N) is 1. The maximum absolute atomic E-state index is 5.80. The molecule has 1 N–H and O–H groups in total. The second kappa shape index (κ2) is 8.89. The molecule has 0 amide bonds. The van der Waals surface area contributed by atoms with E-state index in [0.717, 1.165) is 19.7 Å². The first kappa shape index (κ1) is 15.9. The molecule has 0 aliphatic carbocycles. The number of nitrogens with zero attached hydrogens (tertiary/aromatic N) is 1. The van der Waals surface area contributed by atoms with E-state index in [9.17, 15) is 0 Å². The highest BCUT2D eigenvalue weighted by molar-refractivity contribution is 4.84. The van der Waals surface area contributed by atoms with Gasteiger partial charge in [0.2, 0.25) is 0 Å². The Balaban J connectivity index is 2.44. The van der Waals surface area contributed by atoms with E-state index in [1.807, 2.05) is 0 Å². The molecule has 0 saturated carbocycles. The summed E-state index contributed by atoms with van der Waals surface area (Å²) >= 11 is 0. The van der Waals surface area contributed by atoms with Crippen molar-refractivity contribution in [2.45, 2.75) is 71.6 Å². The largest absolute Gasteiger partial charge is 0.377 e. The number of ether oxygens (including phenoxy) is 1. The third kappa shape index (κ3) is 4.87. The summed E-state index contributed by atoms with van der Waals surface area (Å²) in [6, 6.07) is 1.23. The Labute approximate surface area is 113 Å². The standard InChI is InChI=1S/C15H32N2O/c1-5-10-16-15(6-2)13(4)17-11-8-9-14(12-17)18-7-3/h13-16H,5-12H2,1-4H3. The lowest BCUT2D eigenvalue weighted by Crippen LogP contribution is -2.52. The number of hydrogen-bond donors (Lipinski definition) is 1. The van der Waals surface area contributed by atoms with Gasteiger partial charge in [0.05, 0.1) is 6.10 Å². The molecule has 3 heteroatoms. The van der Waals surface area contributed by atoms with E-state index in [0.29, 0.717) is 18.2 Å². The van der Waals surface area contributed by atoms with Crippen molar-refractivity contribution in [3.05, 3.63) is 0 Å². The average molecular weight is 256 g/mol. The normalized spacial score (nSPS) is 25.0. The summed E-state index contributed by atoms with van der Waals surface area (Å²) in [6.45, 7) is 13.3. The van der Waals surface area contributed by atoms with Gasteiger partial charge in [0.1, 0.15) is 0 Å². The fourth-order valence-corrected chi connectivity index (χ4v) is 2.95. The molecule has 0 aromatic heterocycles. The number of piperidine rings is 1. The van der Waals surface area contributed by atoms with Crippen LogP contribution in [0.3, 0.4) is 0 Å². The van der Waals surface area contributed by atoms with Gasteiger partial charge in [0, 0.05) is 25.2 Å². The van der Waals surface area contributed by atoms with Crippen molar-refractivity contribution < 1.29 is 4.74 Å². The Hall–Kier alpha value is -0.120. The molecule has 1 rings (SSSR count). The van der Waals surface area contributed by atoms with E-state index in [2.05, 4.69) is 37.9 Å². The van der Waals surface area contributed by atoms with E-state index < -0.39 is 0 Å². The van der Waals surface area contributed by atoms with Crippen LogP contribution in [0.15, 0.2) is 0 Å². The second-order valence-electron chi connectivity index (χ2n) is 5.42. The fourth-order valence-electron chi connectivity index (χ4n) is 2.95. The average Bonchev–Trinajstić information content (AvgIpc) is 2.40. The Morgan fingerprint density at radius 2 is 2.11 bits per heavy atom. The van der Waals surface area contributed by atoms with Gasteiger partial charge in [-0.25, -0.2) is 0 Å². The summed E-state index contributed by atoms with van der Waals surface area (Å²) in [4.78, 5) is 2.61. The Kier molecular flexibility index (Phi) is 7.87. The molecule has 1 heterocycles. The van der Waals surface area contributed by atoms with E-state index >= 15 is 0 Å². The van der Waals surface area contributed by atoms with Gasteiger partial charge in [-0.2, -0.15) is 0 Å². The van der Waals surface area contributed by atoms with Gasteiger partial charge in [-0.1, -0.05) is 13.8 Å². The first-order valence-corrected chi connectivity index (χ1v) is 7.81. The molecular formula is C15H32N2O. The van der Waals surface area contributed by atoms with Crippen LogP contribution in [0.1, 0.15) is 53.4 Å². The molecule has 1 saturated heterocycles. The van der Waals surface area contributed by atoms with Crippen LogP contribution in [0.2, 0.25) is 0 Å². The molecule has 3 nitrogen and oxygen atoms in total. The molecule has 3 unspecified atom stereocenters. The van der Waals surface area contributed by atoms with Gasteiger partial charge in [0.15, 0.2) is 0 Å². The van der Waals surface area contributed by atoms with Crippen LogP contribution < -0.4 is 5.32 Å². The fraction of sp³-hybridized carbons (Fsp3) is 1.00. The molecule has 108 valence electrons. The summed E-state index contributed by atoms with van der Waals surface area (Å²) in [5.74, 6) is 0. The van der Waals surface area contributed by atoms with E-state index in [4.69, 9.17) is 4.74 Å². The van der Waals surface area contributed by atoms with Crippen LogP contribution in [0.25, 0.3) is 0 Å². The van der Waals surface area contributed by atoms with Gasteiger partial charge in [-0.3, -0.25) is 4.90 Å². The van der Waals surface area contributed by atoms with E-state index in [-0.39, 0.29) is 0 Å². The van der Waals surface area contributed by atoms with Gasteiger partial charge in [-0.05, 0) is 52.6 Å². The lowest BCUT2D eigenvalue weighted by Gasteiger charge is -2.40. The predicted molar refractivity (Wildman–Crippen MR) is 78.1 cm³/mol. The first-order valence-electron chi connectivity index (χ1n) is 7.81. The van der Waals surface area contributed by atoms with Crippen LogP contribution in [-0.4, -0.2) is 49.3 Å². The Morgan fingerprint density at radius 1 is 1.33 bits per heavy atom. The minimum Gasteiger partial charge on any atom is -0.377 e. The topological polar surface area (TPSA) is 24.5 Å².